The predicted octanol–water partition coefficient (Wildman–Crippen LogP) is 2.55. The van der Waals surface area contributed by atoms with E-state index in [1.54, 1.807) is 6.92 Å². The van der Waals surface area contributed by atoms with Crippen LogP contribution in [0.25, 0.3) is 0 Å². The number of benzene rings is 1. The maximum Gasteiger partial charge on any atom is 0.161 e. The Bertz CT molecular complexity index is 312. The Hall–Kier alpha value is -1.03. The fourth-order valence-electron chi connectivity index (χ4n) is 1.01. The van der Waals surface area contributed by atoms with E-state index in [1.807, 2.05) is 0 Å². The number of aliphatic hydroxyl groups is 1. The third kappa shape index (κ3) is 2.01. The smallest absolute Gasteiger partial charge is 0.161 e. The van der Waals surface area contributed by atoms with E-state index in [0.29, 0.717) is 12.1 Å². The summed E-state index contributed by atoms with van der Waals surface area (Å²) in [6.07, 6.45) is -0.836. The Morgan fingerprint density at radius 1 is 1.15 bits per heavy atom. The van der Waals surface area contributed by atoms with Crippen molar-refractivity contribution in [3.8, 4) is 0 Å². The Labute approximate surface area is 73.8 Å². The Morgan fingerprint density at radius 3 is 2.23 bits per heavy atom. The molecule has 0 aliphatic heterocycles. The largest absolute Gasteiger partial charge is 0.388 e. The number of rotatable bonds is 2. The van der Waals surface area contributed by atoms with Crippen LogP contribution in [0.15, 0.2) is 12.1 Å². The first-order chi connectivity index (χ1) is 6.06. The monoisotopic (exact) mass is 190 g/mol. The molecule has 0 aliphatic rings. The quantitative estimate of drug-likeness (QED) is 0.710. The first-order valence-electron chi connectivity index (χ1n) is 3.88. The lowest BCUT2D eigenvalue weighted by atomic mass is 10.1. The molecule has 72 valence electrons. The minimum atomic E-state index is -1.25. The van der Waals surface area contributed by atoms with Crippen LogP contribution >= 0.6 is 0 Å². The average molecular weight is 190 g/mol. The molecule has 1 N–H and O–H groups in total. The van der Waals surface area contributed by atoms with Crippen molar-refractivity contribution in [1.82, 2.24) is 0 Å². The van der Waals surface area contributed by atoms with Gasteiger partial charge in [0, 0.05) is 11.6 Å². The Balaban J connectivity index is 3.15. The minimum Gasteiger partial charge on any atom is -0.388 e. The van der Waals surface area contributed by atoms with Gasteiger partial charge < -0.3 is 5.11 Å². The van der Waals surface area contributed by atoms with Gasteiger partial charge in [0.1, 0.15) is 5.82 Å². The third-order valence-corrected chi connectivity index (χ3v) is 1.79. The molecule has 0 unspecified atom stereocenters. The lowest BCUT2D eigenvalue weighted by Gasteiger charge is -2.09. The number of hydrogen-bond donors (Lipinski definition) is 1. The van der Waals surface area contributed by atoms with Crippen LogP contribution in [-0.4, -0.2) is 5.11 Å². The van der Waals surface area contributed by atoms with Gasteiger partial charge in [-0.3, -0.25) is 0 Å². The molecule has 13 heavy (non-hydrogen) atoms. The average Bonchev–Trinajstić information content (AvgIpc) is 2.10. The third-order valence-electron chi connectivity index (χ3n) is 1.79. The SMILES string of the molecule is CC[C@@H](O)c1cc(F)c(F)cc1F. The van der Waals surface area contributed by atoms with Crippen molar-refractivity contribution in [2.75, 3.05) is 0 Å². The molecular weight excluding hydrogens is 181 g/mol. The van der Waals surface area contributed by atoms with E-state index in [1.165, 1.54) is 0 Å². The van der Waals surface area contributed by atoms with Gasteiger partial charge in [0.25, 0.3) is 0 Å². The fraction of sp³-hybridized carbons (Fsp3) is 0.333. The maximum atomic E-state index is 12.9. The van der Waals surface area contributed by atoms with Gasteiger partial charge in [0.15, 0.2) is 11.6 Å². The second-order valence-corrected chi connectivity index (χ2v) is 2.71. The second-order valence-electron chi connectivity index (χ2n) is 2.71. The van der Waals surface area contributed by atoms with Crippen LogP contribution < -0.4 is 0 Å². The van der Waals surface area contributed by atoms with Crippen molar-refractivity contribution in [3.63, 3.8) is 0 Å². The van der Waals surface area contributed by atoms with Crippen molar-refractivity contribution >= 4 is 0 Å². The summed E-state index contributed by atoms with van der Waals surface area (Å²) in [5.41, 5.74) is -0.207. The summed E-state index contributed by atoms with van der Waals surface area (Å²) in [5, 5.41) is 9.20. The molecule has 0 amide bonds. The zero-order valence-electron chi connectivity index (χ0n) is 7.02. The second kappa shape index (κ2) is 3.79. The molecule has 1 aromatic carbocycles. The van der Waals surface area contributed by atoms with E-state index < -0.39 is 23.6 Å². The van der Waals surface area contributed by atoms with Crippen LogP contribution in [0, 0.1) is 17.5 Å². The molecule has 0 spiro atoms. The standard InChI is InChI=1S/C9H9F3O/c1-2-9(13)5-3-7(11)8(12)4-6(5)10/h3-4,9,13H,2H2,1H3/t9-/m1/s1. The molecule has 1 aromatic rings. The molecule has 0 saturated carbocycles. The fourth-order valence-corrected chi connectivity index (χ4v) is 1.01. The van der Waals surface area contributed by atoms with Crippen molar-refractivity contribution in [1.29, 1.82) is 0 Å². The highest BCUT2D eigenvalue weighted by Gasteiger charge is 2.14. The molecule has 0 saturated heterocycles. The summed E-state index contributed by atoms with van der Waals surface area (Å²) in [6.45, 7) is 1.62. The van der Waals surface area contributed by atoms with Crippen LogP contribution in [0.4, 0.5) is 13.2 Å². The number of halogens is 3. The van der Waals surface area contributed by atoms with Crippen LogP contribution in [0.5, 0.6) is 0 Å². The van der Waals surface area contributed by atoms with Crippen molar-refractivity contribution in [2.45, 2.75) is 19.4 Å². The van der Waals surface area contributed by atoms with Gasteiger partial charge in [-0.2, -0.15) is 0 Å². The van der Waals surface area contributed by atoms with Gasteiger partial charge in [0.2, 0.25) is 0 Å². The summed E-state index contributed by atoms with van der Waals surface area (Å²) in [6, 6.07) is 1.11. The normalized spacial score (nSPS) is 13.0. The van der Waals surface area contributed by atoms with Crippen LogP contribution in [0.1, 0.15) is 25.0 Å². The van der Waals surface area contributed by atoms with Gasteiger partial charge in [-0.05, 0) is 12.5 Å². The molecular formula is C9H9F3O. The van der Waals surface area contributed by atoms with E-state index in [0.717, 1.165) is 0 Å². The molecule has 0 aliphatic carbocycles. The van der Waals surface area contributed by atoms with E-state index in [4.69, 9.17) is 0 Å². The van der Waals surface area contributed by atoms with Gasteiger partial charge in [-0.25, -0.2) is 13.2 Å². The number of hydrogen-bond acceptors (Lipinski definition) is 1. The van der Waals surface area contributed by atoms with Crippen molar-refractivity contribution in [3.05, 3.63) is 35.1 Å². The van der Waals surface area contributed by atoms with Gasteiger partial charge in [-0.15, -0.1) is 0 Å². The van der Waals surface area contributed by atoms with E-state index in [-0.39, 0.29) is 12.0 Å². The summed E-state index contributed by atoms with van der Waals surface area (Å²) < 4.78 is 37.9. The molecule has 1 rings (SSSR count). The van der Waals surface area contributed by atoms with Gasteiger partial charge in [0.05, 0.1) is 6.10 Å². The summed E-state index contributed by atoms with van der Waals surface area (Å²) in [4.78, 5) is 0. The first-order valence-corrected chi connectivity index (χ1v) is 3.88. The summed E-state index contributed by atoms with van der Waals surface area (Å²) >= 11 is 0. The highest BCUT2D eigenvalue weighted by Crippen LogP contribution is 2.22. The molecule has 4 heteroatoms. The van der Waals surface area contributed by atoms with Crippen molar-refractivity contribution < 1.29 is 18.3 Å². The molecule has 0 aromatic heterocycles. The first kappa shape index (κ1) is 10.1. The highest BCUT2D eigenvalue weighted by molar-refractivity contribution is 5.22. The molecule has 1 atom stereocenters. The topological polar surface area (TPSA) is 20.2 Å². The summed E-state index contributed by atoms with van der Waals surface area (Å²) in [7, 11) is 0. The Morgan fingerprint density at radius 2 is 1.69 bits per heavy atom. The number of aliphatic hydroxyl groups excluding tert-OH is 1. The van der Waals surface area contributed by atoms with Crippen LogP contribution in [0.2, 0.25) is 0 Å². The minimum absolute atomic E-state index is 0.207. The van der Waals surface area contributed by atoms with Crippen LogP contribution in [0.3, 0.4) is 0 Å². The van der Waals surface area contributed by atoms with Gasteiger partial charge >= 0.3 is 0 Å². The molecule has 0 heterocycles. The zero-order valence-corrected chi connectivity index (χ0v) is 7.02. The van der Waals surface area contributed by atoms with E-state index in [9.17, 15) is 18.3 Å². The summed E-state index contributed by atoms with van der Waals surface area (Å²) in [5.74, 6) is -3.32. The van der Waals surface area contributed by atoms with Crippen LogP contribution in [-0.2, 0) is 0 Å². The maximum absolute atomic E-state index is 12.9. The van der Waals surface area contributed by atoms with E-state index in [2.05, 4.69) is 0 Å². The lowest BCUT2D eigenvalue weighted by molar-refractivity contribution is 0.168. The molecule has 1 nitrogen and oxygen atoms in total. The predicted molar refractivity (Wildman–Crippen MR) is 41.6 cm³/mol. The van der Waals surface area contributed by atoms with Crippen molar-refractivity contribution in [2.24, 2.45) is 0 Å². The highest BCUT2D eigenvalue weighted by atomic mass is 19.2. The van der Waals surface area contributed by atoms with Gasteiger partial charge in [-0.1, -0.05) is 6.92 Å². The lowest BCUT2D eigenvalue weighted by Crippen LogP contribution is -2.01. The molecule has 0 bridgehead atoms. The Kier molecular flexibility index (Phi) is 2.93. The molecule has 0 fully saturated rings. The van der Waals surface area contributed by atoms with E-state index >= 15 is 0 Å². The molecule has 0 radical (unpaired) electrons. The zero-order chi connectivity index (χ0) is 10.0.